The smallest absolute Gasteiger partial charge is 0.159 e. The number of piperazine rings is 1. The number of hydrogen-bond donors (Lipinski definition) is 0. The number of hydrogen-bond acceptors (Lipinski definition) is 4. The fraction of sp³-hybridized carbons (Fsp3) is 0.300. The zero-order valence-electron chi connectivity index (χ0n) is 14.4. The molecule has 0 amide bonds. The topological polar surface area (TPSA) is 40.9 Å². The number of aromatic nitrogens is 2. The number of Topliss-reactive ketones (excluding diaryl/α,β-unsaturated/α-hetero) is 1. The molecule has 0 radical (unpaired) electrons. The summed E-state index contributed by atoms with van der Waals surface area (Å²) in [6.07, 6.45) is 4.15. The first-order chi connectivity index (χ1) is 12.2. The summed E-state index contributed by atoms with van der Waals surface area (Å²) in [6.45, 7) is 6.51. The molecule has 128 valence electrons. The molecule has 2 aromatic heterocycles. The fourth-order valence-electron chi connectivity index (χ4n) is 3.36. The predicted molar refractivity (Wildman–Crippen MR) is 99.1 cm³/mol. The summed E-state index contributed by atoms with van der Waals surface area (Å²) >= 11 is 0. The fourth-order valence-corrected chi connectivity index (χ4v) is 3.36. The lowest BCUT2D eigenvalue weighted by Crippen LogP contribution is -2.46. The van der Waals surface area contributed by atoms with Crippen LogP contribution in [-0.2, 0) is 6.54 Å². The number of fused-ring (bicyclic) bond motifs is 1. The van der Waals surface area contributed by atoms with Gasteiger partial charge in [0.15, 0.2) is 5.78 Å². The van der Waals surface area contributed by atoms with E-state index >= 15 is 0 Å². The zero-order chi connectivity index (χ0) is 17.2. The molecule has 3 heterocycles. The van der Waals surface area contributed by atoms with Gasteiger partial charge in [0.05, 0.1) is 5.69 Å². The van der Waals surface area contributed by atoms with Crippen LogP contribution < -0.4 is 4.90 Å². The molecule has 4 rings (SSSR count). The van der Waals surface area contributed by atoms with E-state index in [1.165, 1.54) is 5.69 Å². The normalized spacial score (nSPS) is 15.6. The second-order valence-corrected chi connectivity index (χ2v) is 6.56. The lowest BCUT2D eigenvalue weighted by Gasteiger charge is -2.35. The number of nitrogens with zero attached hydrogens (tertiary/aromatic N) is 4. The van der Waals surface area contributed by atoms with Crippen molar-refractivity contribution in [3.05, 3.63) is 66.1 Å². The molecule has 1 fully saturated rings. The quantitative estimate of drug-likeness (QED) is 0.688. The average Bonchev–Trinajstić information content (AvgIpc) is 3.05. The first-order valence-corrected chi connectivity index (χ1v) is 8.70. The first kappa shape index (κ1) is 15.8. The standard InChI is InChI=1S/C20H22N4O/c1-16(25)17-5-7-19(8-6-17)23-12-10-22(11-13-23)14-18-15-24-9-3-2-4-20(24)21-18/h2-9,15H,10-14H2,1H3. The maximum absolute atomic E-state index is 11.4. The predicted octanol–water partition coefficient (Wildman–Crippen LogP) is 2.86. The van der Waals surface area contributed by atoms with Crippen LogP contribution in [0.2, 0.25) is 0 Å². The summed E-state index contributed by atoms with van der Waals surface area (Å²) in [6, 6.07) is 14.0. The van der Waals surface area contributed by atoms with Gasteiger partial charge < -0.3 is 9.30 Å². The summed E-state index contributed by atoms with van der Waals surface area (Å²) in [5.74, 6) is 0.115. The number of ketones is 1. The molecule has 0 saturated carbocycles. The number of anilines is 1. The molecular formula is C20H22N4O. The van der Waals surface area contributed by atoms with E-state index in [0.717, 1.165) is 49.6 Å². The third kappa shape index (κ3) is 3.42. The van der Waals surface area contributed by atoms with E-state index in [1.807, 2.05) is 36.5 Å². The minimum absolute atomic E-state index is 0.115. The van der Waals surface area contributed by atoms with Crippen molar-refractivity contribution >= 4 is 17.1 Å². The van der Waals surface area contributed by atoms with Crippen LogP contribution in [0.15, 0.2) is 54.9 Å². The molecule has 0 bridgehead atoms. The van der Waals surface area contributed by atoms with Gasteiger partial charge in [0.1, 0.15) is 5.65 Å². The lowest BCUT2D eigenvalue weighted by molar-refractivity contribution is 0.101. The van der Waals surface area contributed by atoms with Gasteiger partial charge in [0.25, 0.3) is 0 Å². The molecule has 1 aliphatic rings. The van der Waals surface area contributed by atoms with E-state index in [0.29, 0.717) is 0 Å². The van der Waals surface area contributed by atoms with Gasteiger partial charge in [0.2, 0.25) is 0 Å². The summed E-state index contributed by atoms with van der Waals surface area (Å²) in [5.41, 5.74) is 4.08. The van der Waals surface area contributed by atoms with Gasteiger partial charge in [-0.1, -0.05) is 6.07 Å². The second kappa shape index (κ2) is 6.69. The molecule has 0 atom stereocenters. The third-order valence-electron chi connectivity index (χ3n) is 4.81. The van der Waals surface area contributed by atoms with Gasteiger partial charge in [-0.2, -0.15) is 0 Å². The van der Waals surface area contributed by atoms with E-state index in [2.05, 4.69) is 37.5 Å². The van der Waals surface area contributed by atoms with Gasteiger partial charge in [0, 0.05) is 56.4 Å². The van der Waals surface area contributed by atoms with Crippen LogP contribution >= 0.6 is 0 Å². The van der Waals surface area contributed by atoms with Crippen molar-refractivity contribution in [3.8, 4) is 0 Å². The van der Waals surface area contributed by atoms with Crippen LogP contribution in [0.3, 0.4) is 0 Å². The van der Waals surface area contributed by atoms with E-state index in [9.17, 15) is 4.79 Å². The first-order valence-electron chi connectivity index (χ1n) is 8.70. The van der Waals surface area contributed by atoms with Crippen molar-refractivity contribution in [2.45, 2.75) is 13.5 Å². The van der Waals surface area contributed by atoms with Gasteiger partial charge >= 0.3 is 0 Å². The SMILES string of the molecule is CC(=O)c1ccc(N2CCN(Cc3cn4ccccc4n3)CC2)cc1. The Morgan fingerprint density at radius 3 is 2.48 bits per heavy atom. The molecule has 1 aliphatic heterocycles. The molecule has 0 aliphatic carbocycles. The lowest BCUT2D eigenvalue weighted by atomic mass is 10.1. The Labute approximate surface area is 147 Å². The number of benzene rings is 1. The van der Waals surface area contributed by atoms with Crippen molar-refractivity contribution in [3.63, 3.8) is 0 Å². The Morgan fingerprint density at radius 2 is 1.80 bits per heavy atom. The number of carbonyl (C=O) groups is 1. The molecule has 0 spiro atoms. The number of rotatable bonds is 4. The highest BCUT2D eigenvalue weighted by Crippen LogP contribution is 2.18. The van der Waals surface area contributed by atoms with Gasteiger partial charge in [-0.25, -0.2) is 4.98 Å². The largest absolute Gasteiger partial charge is 0.369 e. The summed E-state index contributed by atoms with van der Waals surface area (Å²) in [4.78, 5) is 20.9. The molecule has 5 heteroatoms. The van der Waals surface area contributed by atoms with Crippen molar-refractivity contribution in [1.29, 1.82) is 0 Å². The molecule has 25 heavy (non-hydrogen) atoms. The molecular weight excluding hydrogens is 312 g/mol. The summed E-state index contributed by atoms with van der Waals surface area (Å²) in [7, 11) is 0. The minimum Gasteiger partial charge on any atom is -0.369 e. The maximum Gasteiger partial charge on any atom is 0.159 e. The van der Waals surface area contributed by atoms with Crippen molar-refractivity contribution in [2.75, 3.05) is 31.1 Å². The van der Waals surface area contributed by atoms with Gasteiger partial charge in [-0.05, 0) is 43.3 Å². The Bertz CT molecular complexity index is 843. The molecule has 1 saturated heterocycles. The highest BCUT2D eigenvalue weighted by atomic mass is 16.1. The number of imidazole rings is 1. The second-order valence-electron chi connectivity index (χ2n) is 6.56. The Hall–Kier alpha value is -2.66. The number of pyridine rings is 1. The molecule has 5 nitrogen and oxygen atoms in total. The van der Waals surface area contributed by atoms with Crippen molar-refractivity contribution in [1.82, 2.24) is 14.3 Å². The minimum atomic E-state index is 0.115. The maximum atomic E-state index is 11.4. The van der Waals surface area contributed by atoms with Crippen molar-refractivity contribution in [2.24, 2.45) is 0 Å². The highest BCUT2D eigenvalue weighted by Gasteiger charge is 2.18. The molecule has 0 unspecified atom stereocenters. The van der Waals surface area contributed by atoms with Crippen LogP contribution in [-0.4, -0.2) is 46.2 Å². The van der Waals surface area contributed by atoms with Crippen LogP contribution in [0.25, 0.3) is 5.65 Å². The van der Waals surface area contributed by atoms with Crippen LogP contribution in [0.4, 0.5) is 5.69 Å². The van der Waals surface area contributed by atoms with E-state index < -0.39 is 0 Å². The highest BCUT2D eigenvalue weighted by molar-refractivity contribution is 5.94. The van der Waals surface area contributed by atoms with Crippen molar-refractivity contribution < 1.29 is 4.79 Å². The number of carbonyl (C=O) groups excluding carboxylic acids is 1. The monoisotopic (exact) mass is 334 g/mol. The Morgan fingerprint density at radius 1 is 1.04 bits per heavy atom. The van der Waals surface area contributed by atoms with Gasteiger partial charge in [-0.3, -0.25) is 9.69 Å². The van der Waals surface area contributed by atoms with E-state index in [1.54, 1.807) is 6.92 Å². The summed E-state index contributed by atoms with van der Waals surface area (Å²) in [5, 5.41) is 0. The van der Waals surface area contributed by atoms with Gasteiger partial charge in [-0.15, -0.1) is 0 Å². The zero-order valence-corrected chi connectivity index (χ0v) is 14.4. The average molecular weight is 334 g/mol. The van der Waals surface area contributed by atoms with Crippen LogP contribution in [0.1, 0.15) is 23.0 Å². The van der Waals surface area contributed by atoms with E-state index in [4.69, 9.17) is 0 Å². The summed E-state index contributed by atoms with van der Waals surface area (Å²) < 4.78 is 2.07. The molecule has 0 N–H and O–H groups in total. The Kier molecular flexibility index (Phi) is 4.24. The Balaban J connectivity index is 1.37. The van der Waals surface area contributed by atoms with Crippen LogP contribution in [0, 0.1) is 0 Å². The van der Waals surface area contributed by atoms with Crippen LogP contribution in [0.5, 0.6) is 0 Å². The molecule has 3 aromatic rings. The molecule has 1 aromatic carbocycles. The third-order valence-corrected chi connectivity index (χ3v) is 4.81. The van der Waals surface area contributed by atoms with E-state index in [-0.39, 0.29) is 5.78 Å².